The Morgan fingerprint density at radius 2 is 1.42 bits per heavy atom. The Morgan fingerprint density at radius 3 is 2.17 bits per heavy atom. The quantitative estimate of drug-likeness (QED) is 0.387. The van der Waals surface area contributed by atoms with E-state index in [-0.39, 0.29) is 0 Å². The average molecular weight is 323 g/mol. The van der Waals surface area contributed by atoms with Crippen LogP contribution in [0.2, 0.25) is 0 Å². The highest BCUT2D eigenvalue weighted by Crippen LogP contribution is 2.32. The minimum absolute atomic E-state index is 0.655. The molecule has 0 saturated heterocycles. The number of pyridine rings is 1. The third-order valence-electron chi connectivity index (χ3n) is 4.14. The van der Waals surface area contributed by atoms with Gasteiger partial charge in [-0.3, -0.25) is 4.98 Å². The summed E-state index contributed by atoms with van der Waals surface area (Å²) in [6.07, 6.45) is -2.54. The van der Waals surface area contributed by atoms with Gasteiger partial charge < -0.3 is 0 Å². The van der Waals surface area contributed by atoms with Crippen LogP contribution in [-0.2, 0) is 6.18 Å². The van der Waals surface area contributed by atoms with E-state index in [1.165, 1.54) is 12.1 Å². The van der Waals surface area contributed by atoms with Gasteiger partial charge >= 0.3 is 6.18 Å². The predicted octanol–water partition coefficient (Wildman–Crippen LogP) is 6.07. The van der Waals surface area contributed by atoms with Crippen LogP contribution in [0.1, 0.15) is 5.56 Å². The standard InChI is InChI=1S/C20H12F3N/c21-20(22,23)16-9-7-14(8-10-16)19-11-15-6-5-13-3-1-2-4-17(13)18(15)12-24-19/h1-12H. The Hall–Kier alpha value is -2.88. The van der Waals surface area contributed by atoms with E-state index < -0.39 is 11.7 Å². The van der Waals surface area contributed by atoms with Gasteiger partial charge in [-0.25, -0.2) is 0 Å². The number of hydrogen-bond acceptors (Lipinski definition) is 1. The Labute approximate surface area is 136 Å². The highest BCUT2D eigenvalue weighted by Gasteiger charge is 2.30. The topological polar surface area (TPSA) is 12.9 Å². The fraction of sp³-hybridized carbons (Fsp3) is 0.0500. The molecule has 0 radical (unpaired) electrons. The van der Waals surface area contributed by atoms with Gasteiger partial charge in [-0.1, -0.05) is 48.5 Å². The summed E-state index contributed by atoms with van der Waals surface area (Å²) in [4.78, 5) is 4.44. The molecule has 0 saturated carbocycles. The van der Waals surface area contributed by atoms with E-state index in [0.29, 0.717) is 11.3 Å². The van der Waals surface area contributed by atoms with E-state index in [0.717, 1.165) is 33.7 Å². The predicted molar refractivity (Wildman–Crippen MR) is 89.7 cm³/mol. The van der Waals surface area contributed by atoms with Crippen LogP contribution in [0.5, 0.6) is 0 Å². The summed E-state index contributed by atoms with van der Waals surface area (Å²) >= 11 is 0. The van der Waals surface area contributed by atoms with Crippen LogP contribution in [0.15, 0.2) is 72.9 Å². The van der Waals surface area contributed by atoms with Crippen LogP contribution in [0.25, 0.3) is 32.8 Å². The SMILES string of the molecule is FC(F)(F)c1ccc(-c2cc3ccc4ccccc4c3cn2)cc1. The minimum atomic E-state index is -4.33. The summed E-state index contributed by atoms with van der Waals surface area (Å²) in [6, 6.07) is 19.1. The van der Waals surface area contributed by atoms with Crippen molar-refractivity contribution < 1.29 is 13.2 Å². The first kappa shape index (κ1) is 14.7. The molecule has 1 aromatic heterocycles. The van der Waals surface area contributed by atoms with E-state index in [4.69, 9.17) is 0 Å². The molecule has 0 aliphatic carbocycles. The summed E-state index contributed by atoms with van der Waals surface area (Å²) in [6.45, 7) is 0. The summed E-state index contributed by atoms with van der Waals surface area (Å²) in [5.74, 6) is 0. The Bertz CT molecular complexity index is 1030. The molecule has 0 amide bonds. The van der Waals surface area contributed by atoms with Crippen molar-refractivity contribution in [2.45, 2.75) is 6.18 Å². The molecule has 1 heterocycles. The molecule has 0 unspecified atom stereocenters. The molecule has 3 aromatic carbocycles. The number of alkyl halides is 3. The highest BCUT2D eigenvalue weighted by atomic mass is 19.4. The van der Waals surface area contributed by atoms with Gasteiger partial charge in [0.15, 0.2) is 0 Å². The second kappa shape index (κ2) is 5.34. The number of hydrogen-bond donors (Lipinski definition) is 0. The number of nitrogens with zero attached hydrogens (tertiary/aromatic N) is 1. The molecule has 0 spiro atoms. The molecule has 0 N–H and O–H groups in total. The van der Waals surface area contributed by atoms with E-state index in [2.05, 4.69) is 4.98 Å². The molecule has 1 nitrogen and oxygen atoms in total. The van der Waals surface area contributed by atoms with Gasteiger partial charge in [0.25, 0.3) is 0 Å². The third kappa shape index (κ3) is 2.50. The largest absolute Gasteiger partial charge is 0.416 e. The smallest absolute Gasteiger partial charge is 0.256 e. The average Bonchev–Trinajstić information content (AvgIpc) is 2.60. The first-order chi connectivity index (χ1) is 11.5. The maximum atomic E-state index is 12.7. The zero-order chi connectivity index (χ0) is 16.7. The zero-order valence-corrected chi connectivity index (χ0v) is 12.5. The highest BCUT2D eigenvalue weighted by molar-refractivity contribution is 6.07. The van der Waals surface area contributed by atoms with Crippen molar-refractivity contribution in [2.75, 3.05) is 0 Å². The van der Waals surface area contributed by atoms with Crippen molar-refractivity contribution >= 4 is 21.5 Å². The number of rotatable bonds is 1. The van der Waals surface area contributed by atoms with Crippen molar-refractivity contribution in [3.63, 3.8) is 0 Å². The molecule has 4 rings (SSSR count). The Kier molecular flexibility index (Phi) is 3.27. The minimum Gasteiger partial charge on any atom is -0.256 e. The van der Waals surface area contributed by atoms with Crippen molar-refractivity contribution in [2.24, 2.45) is 0 Å². The lowest BCUT2D eigenvalue weighted by atomic mass is 10.0. The molecule has 0 atom stereocenters. The molecule has 0 fully saturated rings. The van der Waals surface area contributed by atoms with Crippen molar-refractivity contribution in [1.82, 2.24) is 4.98 Å². The maximum Gasteiger partial charge on any atom is 0.416 e. The summed E-state index contributed by atoms with van der Waals surface area (Å²) in [5.41, 5.74) is 0.669. The molecule has 4 heteroatoms. The number of benzene rings is 3. The molecule has 0 aliphatic rings. The number of fused-ring (bicyclic) bond motifs is 3. The van der Waals surface area contributed by atoms with E-state index in [9.17, 15) is 13.2 Å². The fourth-order valence-corrected chi connectivity index (χ4v) is 2.89. The lowest BCUT2D eigenvalue weighted by Gasteiger charge is -2.09. The van der Waals surface area contributed by atoms with E-state index in [1.54, 1.807) is 6.20 Å². The summed E-state index contributed by atoms with van der Waals surface area (Å²) in [7, 11) is 0. The van der Waals surface area contributed by atoms with Gasteiger partial charge in [-0.15, -0.1) is 0 Å². The van der Waals surface area contributed by atoms with E-state index >= 15 is 0 Å². The van der Waals surface area contributed by atoms with Crippen molar-refractivity contribution in [3.8, 4) is 11.3 Å². The van der Waals surface area contributed by atoms with Gasteiger partial charge in [0.1, 0.15) is 0 Å². The maximum absolute atomic E-state index is 12.7. The summed E-state index contributed by atoms with van der Waals surface area (Å²) in [5, 5.41) is 4.29. The zero-order valence-electron chi connectivity index (χ0n) is 12.5. The van der Waals surface area contributed by atoms with Crippen LogP contribution in [0.4, 0.5) is 13.2 Å². The first-order valence-corrected chi connectivity index (χ1v) is 7.47. The van der Waals surface area contributed by atoms with E-state index in [1.807, 2.05) is 42.5 Å². The second-order valence-electron chi connectivity index (χ2n) is 5.65. The second-order valence-corrected chi connectivity index (χ2v) is 5.65. The third-order valence-corrected chi connectivity index (χ3v) is 4.14. The number of halogens is 3. The van der Waals surface area contributed by atoms with Gasteiger partial charge in [-0.2, -0.15) is 13.2 Å². The lowest BCUT2D eigenvalue weighted by molar-refractivity contribution is -0.137. The molecular formula is C20H12F3N. The molecule has 118 valence electrons. The fourth-order valence-electron chi connectivity index (χ4n) is 2.89. The van der Waals surface area contributed by atoms with Gasteiger partial charge in [0.2, 0.25) is 0 Å². The van der Waals surface area contributed by atoms with Crippen molar-refractivity contribution in [3.05, 3.63) is 78.5 Å². The van der Waals surface area contributed by atoms with Crippen LogP contribution in [0.3, 0.4) is 0 Å². The first-order valence-electron chi connectivity index (χ1n) is 7.47. The Morgan fingerprint density at radius 1 is 0.708 bits per heavy atom. The normalized spacial score (nSPS) is 12.0. The van der Waals surface area contributed by atoms with Crippen LogP contribution >= 0.6 is 0 Å². The molecule has 24 heavy (non-hydrogen) atoms. The number of aromatic nitrogens is 1. The molecular weight excluding hydrogens is 311 g/mol. The monoisotopic (exact) mass is 323 g/mol. The van der Waals surface area contributed by atoms with Gasteiger partial charge in [-0.05, 0) is 34.4 Å². The van der Waals surface area contributed by atoms with Crippen molar-refractivity contribution in [1.29, 1.82) is 0 Å². The summed E-state index contributed by atoms with van der Waals surface area (Å²) < 4.78 is 38.0. The van der Waals surface area contributed by atoms with Crippen LogP contribution in [-0.4, -0.2) is 4.98 Å². The van der Waals surface area contributed by atoms with Gasteiger partial charge in [0.05, 0.1) is 11.3 Å². The molecule has 0 bridgehead atoms. The van der Waals surface area contributed by atoms with Gasteiger partial charge in [0, 0.05) is 17.1 Å². The lowest BCUT2D eigenvalue weighted by Crippen LogP contribution is -2.04. The van der Waals surface area contributed by atoms with Crippen LogP contribution in [0, 0.1) is 0 Å². The molecule has 0 aliphatic heterocycles. The Balaban J connectivity index is 1.82. The van der Waals surface area contributed by atoms with Crippen LogP contribution < -0.4 is 0 Å². The molecule has 4 aromatic rings.